The van der Waals surface area contributed by atoms with Gasteiger partial charge in [-0.25, -0.2) is 69.0 Å². The quantitative estimate of drug-likeness (QED) is 0.337. The van der Waals surface area contributed by atoms with Gasteiger partial charge in [-0.15, -0.1) is 0 Å². The molecule has 0 aromatic heterocycles. The Morgan fingerprint density at radius 1 is 0.571 bits per heavy atom. The first kappa shape index (κ1) is 22.6. The molecule has 0 rings (SSSR count). The third kappa shape index (κ3) is 55.4. The fourth-order valence-electron chi connectivity index (χ4n) is 0. The Kier molecular flexibility index (Phi) is 237. The first-order valence-corrected chi connectivity index (χ1v) is 3.11. The fourth-order valence-corrected chi connectivity index (χ4v) is 0. The molecule has 0 spiro atoms. The molecule has 0 N–H and O–H groups in total. The summed E-state index contributed by atoms with van der Waals surface area (Å²) in [6, 6.07) is 0. The van der Waals surface area contributed by atoms with Gasteiger partial charge in [0.25, 0.3) is 0 Å². The van der Waals surface area contributed by atoms with Crippen LogP contribution in [0.25, 0.3) is 0 Å². The van der Waals surface area contributed by atoms with Gasteiger partial charge in [-0.2, -0.15) is 0 Å². The van der Waals surface area contributed by atoms with Crippen molar-refractivity contribution in [2.75, 3.05) is 0 Å². The number of hydrogen-bond donors (Lipinski definition) is 0. The summed E-state index contributed by atoms with van der Waals surface area (Å²) in [4.78, 5) is 0. The van der Waals surface area contributed by atoms with Gasteiger partial charge >= 0.3 is 17.4 Å². The van der Waals surface area contributed by atoms with E-state index in [1.807, 2.05) is 0 Å². The average molecular weight is 456 g/mol. The molecule has 0 aromatic rings. The van der Waals surface area contributed by atoms with Crippen molar-refractivity contribution in [2.45, 2.75) is 0 Å². The summed E-state index contributed by atoms with van der Waals surface area (Å²) in [5.74, 6) is 0. The van der Waals surface area contributed by atoms with Crippen molar-refractivity contribution >= 4 is 86.4 Å². The van der Waals surface area contributed by atoms with Gasteiger partial charge in [0, 0.05) is 0 Å². The van der Waals surface area contributed by atoms with Crippen LogP contribution in [0, 0.1) is 0 Å². The molecule has 0 bridgehead atoms. The van der Waals surface area contributed by atoms with Gasteiger partial charge in [0.1, 0.15) is 0 Å². The molecule has 0 fully saturated rings. The van der Waals surface area contributed by atoms with E-state index in [0.717, 1.165) is 69.0 Å². The van der Waals surface area contributed by atoms with Gasteiger partial charge < -0.3 is 10.3 Å². The van der Waals surface area contributed by atoms with Crippen molar-refractivity contribution in [2.24, 2.45) is 0 Å². The normalized spacial score (nSPS) is 2.57. The first-order chi connectivity index (χ1) is 3.00. The summed E-state index contributed by atoms with van der Waals surface area (Å²) in [5.41, 5.74) is 0. The second-order valence-corrected chi connectivity index (χ2v) is 0. The molecule has 0 radical (unpaired) electrons. The average Bonchev–Trinajstić information content (AvgIpc) is 1.81. The van der Waals surface area contributed by atoms with Crippen LogP contribution in [0.3, 0.4) is 0 Å². The molecule has 3 nitrogen and oxygen atoms in total. The van der Waals surface area contributed by atoms with E-state index in [4.69, 9.17) is 10.3 Å². The van der Waals surface area contributed by atoms with E-state index in [-0.39, 0.29) is 17.4 Å². The van der Waals surface area contributed by atoms with Crippen molar-refractivity contribution in [1.82, 2.24) is 0 Å². The van der Waals surface area contributed by atoms with E-state index >= 15 is 0 Å². The number of halogens is 3. The van der Waals surface area contributed by atoms with Crippen molar-refractivity contribution in [3.63, 3.8) is 0 Å². The molecular formula is AlI3O3. The van der Waals surface area contributed by atoms with Crippen LogP contribution >= 0.6 is 69.0 Å². The zero-order chi connectivity index (χ0) is 6.00. The Hall–Kier alpha value is 2.60. The largest absolute Gasteiger partial charge is 3.00 e. The summed E-state index contributed by atoms with van der Waals surface area (Å²) in [6.07, 6.45) is 0. The van der Waals surface area contributed by atoms with Crippen molar-refractivity contribution in [3.8, 4) is 0 Å². The van der Waals surface area contributed by atoms with Crippen molar-refractivity contribution in [1.29, 1.82) is 0 Å². The number of rotatable bonds is 0. The molecule has 0 aromatic carbocycles. The van der Waals surface area contributed by atoms with E-state index in [9.17, 15) is 0 Å². The molecule has 7 heteroatoms. The standard InChI is InChI=1S/Al.3IO/c;3*1-2/q+3;3*-1. The minimum atomic E-state index is 0. The second kappa shape index (κ2) is 73.4. The van der Waals surface area contributed by atoms with Gasteiger partial charge in [-0.3, -0.25) is 0 Å². The number of hydrogen-bond acceptors (Lipinski definition) is 3. The van der Waals surface area contributed by atoms with E-state index in [1.54, 1.807) is 0 Å². The Bertz CT molecular complexity index is 10.1. The predicted molar refractivity (Wildman–Crippen MR) is 47.8 cm³/mol. The molecule has 7 heavy (non-hydrogen) atoms. The summed E-state index contributed by atoms with van der Waals surface area (Å²) < 4.78 is 24.7. The maximum Gasteiger partial charge on any atom is 3.00 e. The van der Waals surface area contributed by atoms with Crippen LogP contribution < -0.4 is 10.3 Å². The monoisotopic (exact) mass is 456 g/mol. The van der Waals surface area contributed by atoms with Crippen LogP contribution in [-0.4, -0.2) is 17.4 Å². The van der Waals surface area contributed by atoms with Gasteiger partial charge in [-0.05, 0) is 0 Å². The van der Waals surface area contributed by atoms with Crippen LogP contribution in [0.1, 0.15) is 0 Å². The summed E-state index contributed by atoms with van der Waals surface area (Å²) >= 11 is 2.70. The van der Waals surface area contributed by atoms with E-state index < -0.39 is 0 Å². The Morgan fingerprint density at radius 2 is 0.571 bits per heavy atom. The maximum absolute atomic E-state index is 8.22. The zero-order valence-electron chi connectivity index (χ0n) is 2.94. The summed E-state index contributed by atoms with van der Waals surface area (Å²) in [6.45, 7) is 0. The van der Waals surface area contributed by atoms with Crippen LogP contribution in [0.15, 0.2) is 0 Å². The molecule has 42 valence electrons. The SMILES string of the molecule is [Al+3].[O-]I.[O-]I.[O-]I. The predicted octanol–water partition coefficient (Wildman–Crippen LogP) is -1.29. The van der Waals surface area contributed by atoms with Crippen molar-refractivity contribution < 1.29 is 10.3 Å². The maximum atomic E-state index is 8.22. The molecule has 0 saturated carbocycles. The van der Waals surface area contributed by atoms with Crippen LogP contribution in [-0.2, 0) is 0 Å². The topological polar surface area (TPSA) is 69.2 Å². The van der Waals surface area contributed by atoms with Crippen LogP contribution in [0.2, 0.25) is 0 Å². The molecule has 0 atom stereocenters. The first-order valence-electron chi connectivity index (χ1n) is 0.463. The van der Waals surface area contributed by atoms with Crippen molar-refractivity contribution in [3.05, 3.63) is 0 Å². The summed E-state index contributed by atoms with van der Waals surface area (Å²) in [5, 5.41) is 0. The minimum Gasteiger partial charge on any atom is -0.795 e. The molecule has 0 aliphatic carbocycles. The second-order valence-electron chi connectivity index (χ2n) is 0. The molecule has 0 aliphatic rings. The molecule has 0 amide bonds. The van der Waals surface area contributed by atoms with Gasteiger partial charge in [0.05, 0.1) is 0 Å². The molecule has 0 heterocycles. The molecular weight excluding hydrogens is 456 g/mol. The van der Waals surface area contributed by atoms with Crippen LogP contribution in [0.5, 0.6) is 0 Å². The molecule has 0 aliphatic heterocycles. The van der Waals surface area contributed by atoms with E-state index in [2.05, 4.69) is 0 Å². The van der Waals surface area contributed by atoms with Gasteiger partial charge in [0.2, 0.25) is 0 Å². The third-order valence-electron chi connectivity index (χ3n) is 0. The minimum absolute atomic E-state index is 0. The third-order valence-corrected chi connectivity index (χ3v) is 0. The fraction of sp³-hybridized carbons (Fsp3) is 0. The Balaban J connectivity index is -0.00000000900. The Labute approximate surface area is 95.1 Å². The summed E-state index contributed by atoms with van der Waals surface area (Å²) in [7, 11) is 0. The molecule has 0 saturated heterocycles. The van der Waals surface area contributed by atoms with E-state index in [1.165, 1.54) is 0 Å². The smallest absolute Gasteiger partial charge is 0.795 e. The van der Waals surface area contributed by atoms with Gasteiger partial charge in [0.15, 0.2) is 0 Å². The zero-order valence-corrected chi connectivity index (χ0v) is 10.6. The Morgan fingerprint density at radius 3 is 0.571 bits per heavy atom. The van der Waals surface area contributed by atoms with Gasteiger partial charge in [-0.1, -0.05) is 0 Å². The van der Waals surface area contributed by atoms with E-state index in [0.29, 0.717) is 0 Å². The van der Waals surface area contributed by atoms with Crippen LogP contribution in [0.4, 0.5) is 0 Å². The molecule has 0 unspecified atom stereocenters.